The molecule has 0 saturated heterocycles. The van der Waals surface area contributed by atoms with Crippen LogP contribution in [0.4, 0.5) is 0 Å². The molecule has 12 N–H and O–H groups in total. The molecule has 0 aliphatic carbocycles. The highest BCUT2D eigenvalue weighted by Gasteiger charge is 2.29. The Morgan fingerprint density at radius 1 is 0.893 bits per heavy atom. The first kappa shape index (κ1) is 24.6. The number of nitrogens with two attached hydrogens (primary N) is 4. The number of primary amides is 1. The number of carbonyl (C=O) groups is 5. The number of carboxylic acid groups (broad SMARTS) is 2. The van der Waals surface area contributed by atoms with Gasteiger partial charge in [0.05, 0.1) is 18.9 Å². The van der Waals surface area contributed by atoms with E-state index in [1.807, 2.05) is 0 Å². The molecule has 14 nitrogen and oxygen atoms in total. The number of nitrogens with one attached hydrogen (secondary N) is 2. The zero-order valence-electron chi connectivity index (χ0n) is 15.0. The molecular formula is C14H25N7O7. The number of hydrogen-bond donors (Lipinski definition) is 8. The van der Waals surface area contributed by atoms with Crippen LogP contribution in [-0.4, -0.2) is 70.5 Å². The summed E-state index contributed by atoms with van der Waals surface area (Å²) < 4.78 is 0. The highest BCUT2D eigenvalue weighted by Crippen LogP contribution is 2.02. The van der Waals surface area contributed by atoms with Gasteiger partial charge < -0.3 is 43.8 Å². The molecule has 14 heteroatoms. The summed E-state index contributed by atoms with van der Waals surface area (Å²) in [7, 11) is 0. The summed E-state index contributed by atoms with van der Waals surface area (Å²) >= 11 is 0. The van der Waals surface area contributed by atoms with E-state index >= 15 is 0 Å². The largest absolute Gasteiger partial charge is 0.481 e. The number of hydrogen-bond acceptors (Lipinski definition) is 7. The Hall–Kier alpha value is -3.42. The lowest BCUT2D eigenvalue weighted by molar-refractivity contribution is -0.143. The normalized spacial score (nSPS) is 13.5. The summed E-state index contributed by atoms with van der Waals surface area (Å²) in [5.74, 6) is -5.83. The van der Waals surface area contributed by atoms with E-state index in [9.17, 15) is 29.1 Å². The van der Waals surface area contributed by atoms with Crippen LogP contribution in [0.3, 0.4) is 0 Å². The molecule has 0 aromatic heterocycles. The first-order valence-corrected chi connectivity index (χ1v) is 8.08. The zero-order chi connectivity index (χ0) is 21.9. The van der Waals surface area contributed by atoms with Gasteiger partial charge in [-0.3, -0.25) is 24.2 Å². The predicted octanol–water partition coefficient (Wildman–Crippen LogP) is -4.23. The van der Waals surface area contributed by atoms with Gasteiger partial charge in [-0.25, -0.2) is 4.79 Å². The van der Waals surface area contributed by atoms with Crippen LogP contribution in [0, 0.1) is 0 Å². The van der Waals surface area contributed by atoms with Crippen LogP contribution < -0.4 is 33.6 Å². The molecule has 0 rings (SSSR count). The number of guanidine groups is 1. The molecule has 0 aromatic carbocycles. The molecule has 0 aliphatic heterocycles. The molecule has 0 spiro atoms. The number of aliphatic carboxylic acids is 2. The van der Waals surface area contributed by atoms with E-state index in [4.69, 9.17) is 28.0 Å². The van der Waals surface area contributed by atoms with Crippen LogP contribution in [-0.2, 0) is 24.0 Å². The number of carboxylic acids is 2. The van der Waals surface area contributed by atoms with Crippen LogP contribution in [0.1, 0.15) is 25.7 Å². The van der Waals surface area contributed by atoms with E-state index in [2.05, 4.69) is 15.6 Å². The minimum absolute atomic E-state index is 0.0341. The van der Waals surface area contributed by atoms with Gasteiger partial charge in [0.15, 0.2) is 5.96 Å². The Balaban J connectivity index is 5.02. The Bertz CT molecular complexity index is 634. The van der Waals surface area contributed by atoms with Gasteiger partial charge in [-0.1, -0.05) is 0 Å². The number of nitrogens with zero attached hydrogens (tertiary/aromatic N) is 1. The first-order valence-electron chi connectivity index (χ1n) is 8.08. The molecule has 0 radical (unpaired) electrons. The van der Waals surface area contributed by atoms with Crippen molar-refractivity contribution in [2.75, 3.05) is 6.54 Å². The Kier molecular flexibility index (Phi) is 10.6. The van der Waals surface area contributed by atoms with Gasteiger partial charge in [0.1, 0.15) is 12.1 Å². The predicted molar refractivity (Wildman–Crippen MR) is 95.4 cm³/mol. The highest BCUT2D eigenvalue weighted by atomic mass is 16.4. The van der Waals surface area contributed by atoms with Crippen molar-refractivity contribution in [1.29, 1.82) is 0 Å². The van der Waals surface area contributed by atoms with Crippen LogP contribution in [0.25, 0.3) is 0 Å². The molecule has 3 amide bonds. The third-order valence-corrected chi connectivity index (χ3v) is 3.33. The van der Waals surface area contributed by atoms with Crippen molar-refractivity contribution >= 4 is 35.6 Å². The molecular weight excluding hydrogens is 378 g/mol. The molecule has 158 valence electrons. The first-order chi connectivity index (χ1) is 12.9. The third kappa shape index (κ3) is 10.5. The molecule has 0 saturated carbocycles. The van der Waals surface area contributed by atoms with E-state index in [-0.39, 0.29) is 25.3 Å². The average Bonchev–Trinajstić information content (AvgIpc) is 2.55. The van der Waals surface area contributed by atoms with Crippen molar-refractivity contribution in [2.24, 2.45) is 27.9 Å². The molecule has 3 atom stereocenters. The molecule has 0 unspecified atom stereocenters. The minimum atomic E-state index is -1.52. The lowest BCUT2D eigenvalue weighted by atomic mass is 10.1. The van der Waals surface area contributed by atoms with E-state index in [0.717, 1.165) is 0 Å². The number of aliphatic imine (C=N–C) groups is 1. The van der Waals surface area contributed by atoms with E-state index < -0.39 is 60.6 Å². The monoisotopic (exact) mass is 403 g/mol. The lowest BCUT2D eigenvalue weighted by Crippen LogP contribution is -2.55. The molecule has 0 aliphatic rings. The van der Waals surface area contributed by atoms with Gasteiger partial charge in [0.25, 0.3) is 0 Å². The van der Waals surface area contributed by atoms with Crippen LogP contribution in [0.5, 0.6) is 0 Å². The SMILES string of the molecule is NC(=O)C[C@H](NC(=O)[C@@H](N)CC(=O)O)C(=O)N[C@@H](CCCN=C(N)N)C(=O)O. The quantitative estimate of drug-likeness (QED) is 0.0833. The summed E-state index contributed by atoms with van der Waals surface area (Å²) in [6.07, 6.45) is -1.16. The van der Waals surface area contributed by atoms with Gasteiger partial charge in [-0.2, -0.15) is 0 Å². The van der Waals surface area contributed by atoms with E-state index in [1.54, 1.807) is 0 Å². The topological polar surface area (TPSA) is 266 Å². The highest BCUT2D eigenvalue weighted by molar-refractivity contribution is 5.95. The van der Waals surface area contributed by atoms with Crippen molar-refractivity contribution in [3.63, 3.8) is 0 Å². The average molecular weight is 403 g/mol. The van der Waals surface area contributed by atoms with Crippen LogP contribution >= 0.6 is 0 Å². The summed E-state index contributed by atoms with van der Waals surface area (Å²) in [6.45, 7) is 0.132. The lowest BCUT2D eigenvalue weighted by Gasteiger charge is -2.21. The molecule has 0 bridgehead atoms. The number of carbonyl (C=O) groups excluding carboxylic acids is 3. The molecule has 0 heterocycles. The Labute approximate surface area is 159 Å². The van der Waals surface area contributed by atoms with Gasteiger partial charge in [-0.15, -0.1) is 0 Å². The van der Waals surface area contributed by atoms with Crippen molar-refractivity contribution in [1.82, 2.24) is 10.6 Å². The molecule has 0 aromatic rings. The van der Waals surface area contributed by atoms with Gasteiger partial charge in [-0.05, 0) is 12.8 Å². The van der Waals surface area contributed by atoms with E-state index in [0.29, 0.717) is 0 Å². The number of amides is 3. The zero-order valence-corrected chi connectivity index (χ0v) is 15.0. The Morgan fingerprint density at radius 3 is 1.93 bits per heavy atom. The number of rotatable bonds is 13. The summed E-state index contributed by atoms with van der Waals surface area (Å²) in [6, 6.07) is -4.35. The van der Waals surface area contributed by atoms with Gasteiger partial charge >= 0.3 is 11.9 Å². The smallest absolute Gasteiger partial charge is 0.326 e. The van der Waals surface area contributed by atoms with Gasteiger partial charge in [0.2, 0.25) is 17.7 Å². The molecule has 28 heavy (non-hydrogen) atoms. The molecule has 0 fully saturated rings. The van der Waals surface area contributed by atoms with Gasteiger partial charge in [0, 0.05) is 6.54 Å². The Morgan fingerprint density at radius 2 is 1.46 bits per heavy atom. The third-order valence-electron chi connectivity index (χ3n) is 3.33. The van der Waals surface area contributed by atoms with Crippen molar-refractivity contribution in [3.05, 3.63) is 0 Å². The van der Waals surface area contributed by atoms with Crippen molar-refractivity contribution < 1.29 is 34.2 Å². The summed E-state index contributed by atoms with van der Waals surface area (Å²) in [4.78, 5) is 60.9. The summed E-state index contributed by atoms with van der Waals surface area (Å²) in [5.41, 5.74) is 20.7. The van der Waals surface area contributed by atoms with Crippen LogP contribution in [0.15, 0.2) is 4.99 Å². The fourth-order valence-electron chi connectivity index (χ4n) is 2.00. The maximum absolute atomic E-state index is 12.3. The second-order valence-corrected chi connectivity index (χ2v) is 5.78. The standard InChI is InChI=1S/C14H25N7O7/c15-6(4-10(23)24)11(25)21-8(5-9(16)22)12(26)20-7(13(27)28)2-1-3-19-14(17)18/h6-8H,1-5,15H2,(H2,16,22)(H,20,26)(H,21,25)(H,23,24)(H,27,28)(H4,17,18,19)/t6-,7-,8-/m0/s1. The summed E-state index contributed by atoms with van der Waals surface area (Å²) in [5, 5.41) is 22.1. The van der Waals surface area contributed by atoms with E-state index in [1.165, 1.54) is 0 Å². The fraction of sp³-hybridized carbons (Fsp3) is 0.571. The minimum Gasteiger partial charge on any atom is -0.481 e. The van der Waals surface area contributed by atoms with Crippen molar-refractivity contribution in [3.8, 4) is 0 Å². The maximum Gasteiger partial charge on any atom is 0.326 e. The van der Waals surface area contributed by atoms with Crippen LogP contribution in [0.2, 0.25) is 0 Å². The second kappa shape index (κ2) is 12.1. The van der Waals surface area contributed by atoms with Crippen molar-refractivity contribution in [2.45, 2.75) is 43.8 Å². The maximum atomic E-state index is 12.3. The fourth-order valence-corrected chi connectivity index (χ4v) is 2.00. The second-order valence-electron chi connectivity index (χ2n) is 5.78.